The van der Waals surface area contributed by atoms with Gasteiger partial charge in [-0.15, -0.1) is 0 Å². The molecular formula is C27H27F3N4O2. The van der Waals surface area contributed by atoms with Crippen molar-refractivity contribution in [3.63, 3.8) is 0 Å². The van der Waals surface area contributed by atoms with Crippen molar-refractivity contribution in [2.75, 3.05) is 44.8 Å². The fourth-order valence-corrected chi connectivity index (χ4v) is 5.89. The maximum atomic E-state index is 13.6. The number of aromatic nitrogens is 1. The molecule has 1 aromatic heterocycles. The van der Waals surface area contributed by atoms with Crippen LogP contribution in [0.15, 0.2) is 48.7 Å². The van der Waals surface area contributed by atoms with Gasteiger partial charge >= 0.3 is 6.18 Å². The fraction of sp³-hybridized carbons (Fsp3) is 0.407. The summed E-state index contributed by atoms with van der Waals surface area (Å²) >= 11 is 0. The normalized spacial score (nSPS) is 19.7. The molecule has 0 saturated carbocycles. The summed E-state index contributed by atoms with van der Waals surface area (Å²) in [5, 5.41) is 10.0. The van der Waals surface area contributed by atoms with Gasteiger partial charge in [0.15, 0.2) is 0 Å². The van der Waals surface area contributed by atoms with Crippen LogP contribution in [0.3, 0.4) is 0 Å². The second-order valence-corrected chi connectivity index (χ2v) is 9.77. The molecule has 0 radical (unpaired) electrons. The minimum Gasteiger partial charge on any atom is -0.384 e. The highest BCUT2D eigenvalue weighted by molar-refractivity contribution is 6.06. The first-order valence-electron chi connectivity index (χ1n) is 12.0. The minimum absolute atomic E-state index is 0.00453. The molecule has 9 heteroatoms. The number of benzene rings is 2. The predicted octanol–water partition coefficient (Wildman–Crippen LogP) is 5.06. The number of anilines is 1. The Morgan fingerprint density at radius 2 is 2.00 bits per heavy atom. The lowest BCUT2D eigenvalue weighted by Crippen LogP contribution is -2.47. The molecule has 2 aliphatic heterocycles. The molecule has 5 rings (SSSR count). The number of nitrogens with zero attached hydrogens (tertiary/aromatic N) is 3. The number of H-pyrrole nitrogens is 1. The first-order valence-corrected chi connectivity index (χ1v) is 12.0. The third-order valence-electron chi connectivity index (χ3n) is 7.85. The largest absolute Gasteiger partial charge is 0.417 e. The zero-order chi connectivity index (χ0) is 25.5. The fourth-order valence-electron chi connectivity index (χ4n) is 5.89. The molecule has 1 unspecified atom stereocenters. The molecule has 3 heterocycles. The average Bonchev–Trinajstić information content (AvgIpc) is 3.49. The lowest BCUT2D eigenvalue weighted by Gasteiger charge is -2.42. The van der Waals surface area contributed by atoms with Gasteiger partial charge in [0.1, 0.15) is 0 Å². The number of ether oxygens (including phenoxy) is 1. The predicted molar refractivity (Wildman–Crippen MR) is 130 cm³/mol. The van der Waals surface area contributed by atoms with E-state index in [1.54, 1.807) is 19.2 Å². The molecule has 2 fully saturated rings. The first kappa shape index (κ1) is 24.2. The molecule has 1 N–H and O–H groups in total. The first-order chi connectivity index (χ1) is 17.3. The molecule has 36 heavy (non-hydrogen) atoms. The SMILES string of the molecule is COCC1CN(c2ccc(C#N)c(C(F)(F)F)c2)CC12CCN(C(=O)c1cccc3[nH]ccc13)CC2. The number of rotatable bonds is 4. The Balaban J connectivity index is 1.36. The summed E-state index contributed by atoms with van der Waals surface area (Å²) in [5.74, 6) is 0.118. The van der Waals surface area contributed by atoms with E-state index in [2.05, 4.69) is 4.98 Å². The molecule has 3 aromatic rings. The second-order valence-electron chi connectivity index (χ2n) is 9.77. The van der Waals surface area contributed by atoms with E-state index in [0.29, 0.717) is 44.0 Å². The Morgan fingerprint density at radius 3 is 2.69 bits per heavy atom. The molecule has 0 aliphatic carbocycles. The number of alkyl halides is 3. The van der Waals surface area contributed by atoms with E-state index in [0.717, 1.165) is 29.8 Å². The number of likely N-dealkylation sites (tertiary alicyclic amines) is 1. The molecule has 2 aliphatic rings. The van der Waals surface area contributed by atoms with Crippen LogP contribution in [0.25, 0.3) is 10.9 Å². The van der Waals surface area contributed by atoms with Crippen molar-refractivity contribution in [3.05, 3.63) is 65.4 Å². The summed E-state index contributed by atoms with van der Waals surface area (Å²) < 4.78 is 46.2. The van der Waals surface area contributed by atoms with Crippen LogP contribution in [0.4, 0.5) is 18.9 Å². The number of aromatic amines is 1. The number of nitriles is 1. The van der Waals surface area contributed by atoms with Gasteiger partial charge in [-0.25, -0.2) is 0 Å². The Kier molecular flexibility index (Phi) is 6.17. The van der Waals surface area contributed by atoms with Crippen molar-refractivity contribution >= 4 is 22.5 Å². The zero-order valence-corrected chi connectivity index (χ0v) is 19.9. The molecule has 0 bridgehead atoms. The van der Waals surface area contributed by atoms with Crippen LogP contribution < -0.4 is 4.90 Å². The van der Waals surface area contributed by atoms with Crippen molar-refractivity contribution < 1.29 is 22.7 Å². The molecule has 1 amide bonds. The number of halogens is 3. The van der Waals surface area contributed by atoms with Gasteiger partial charge in [0, 0.05) is 67.6 Å². The highest BCUT2D eigenvalue weighted by atomic mass is 19.4. The van der Waals surface area contributed by atoms with Crippen molar-refractivity contribution in [2.45, 2.75) is 19.0 Å². The number of piperidine rings is 1. The van der Waals surface area contributed by atoms with E-state index < -0.39 is 11.7 Å². The van der Waals surface area contributed by atoms with Gasteiger partial charge < -0.3 is 19.5 Å². The minimum atomic E-state index is -4.60. The Bertz CT molecular complexity index is 1320. The van der Waals surface area contributed by atoms with E-state index in [4.69, 9.17) is 10.00 Å². The Morgan fingerprint density at radius 1 is 1.22 bits per heavy atom. The van der Waals surface area contributed by atoms with Crippen LogP contribution in [0, 0.1) is 22.7 Å². The molecule has 2 aromatic carbocycles. The van der Waals surface area contributed by atoms with E-state index >= 15 is 0 Å². The maximum Gasteiger partial charge on any atom is 0.417 e. The van der Waals surface area contributed by atoms with E-state index in [1.165, 1.54) is 6.07 Å². The molecule has 188 valence electrons. The third-order valence-corrected chi connectivity index (χ3v) is 7.85. The molecule has 2 saturated heterocycles. The van der Waals surface area contributed by atoms with Crippen LogP contribution in [-0.2, 0) is 10.9 Å². The smallest absolute Gasteiger partial charge is 0.384 e. The van der Waals surface area contributed by atoms with E-state index in [1.807, 2.05) is 40.3 Å². The van der Waals surface area contributed by atoms with Gasteiger partial charge in [-0.1, -0.05) is 6.07 Å². The highest BCUT2D eigenvalue weighted by Crippen LogP contribution is 2.47. The average molecular weight is 497 g/mol. The van der Waals surface area contributed by atoms with Gasteiger partial charge in [0.2, 0.25) is 0 Å². The molecule has 1 spiro atoms. The van der Waals surface area contributed by atoms with Crippen LogP contribution in [0.1, 0.15) is 34.3 Å². The summed E-state index contributed by atoms with van der Waals surface area (Å²) in [6.45, 7) is 2.80. The number of carbonyl (C=O) groups excluding carboxylic acids is 1. The third kappa shape index (κ3) is 4.20. The lowest BCUT2D eigenvalue weighted by molar-refractivity contribution is -0.137. The number of hydrogen-bond donors (Lipinski definition) is 1. The number of carbonyl (C=O) groups is 1. The number of amides is 1. The van der Waals surface area contributed by atoms with E-state index in [-0.39, 0.29) is 22.8 Å². The number of fused-ring (bicyclic) bond motifs is 1. The lowest BCUT2D eigenvalue weighted by atomic mass is 9.71. The molecule has 1 atom stereocenters. The molecule has 6 nitrogen and oxygen atoms in total. The monoisotopic (exact) mass is 496 g/mol. The summed E-state index contributed by atoms with van der Waals surface area (Å²) in [6, 6.07) is 13.1. The summed E-state index contributed by atoms with van der Waals surface area (Å²) in [7, 11) is 1.63. The Hall–Kier alpha value is -3.51. The zero-order valence-electron chi connectivity index (χ0n) is 19.9. The van der Waals surface area contributed by atoms with Crippen LogP contribution >= 0.6 is 0 Å². The van der Waals surface area contributed by atoms with Crippen LogP contribution in [0.2, 0.25) is 0 Å². The van der Waals surface area contributed by atoms with Gasteiger partial charge in [-0.05, 0) is 54.7 Å². The highest BCUT2D eigenvalue weighted by Gasteiger charge is 2.49. The molecular weight excluding hydrogens is 469 g/mol. The van der Waals surface area contributed by atoms with Gasteiger partial charge in [-0.2, -0.15) is 18.4 Å². The maximum absolute atomic E-state index is 13.6. The van der Waals surface area contributed by atoms with Crippen LogP contribution in [-0.4, -0.2) is 55.7 Å². The number of hydrogen-bond acceptors (Lipinski definition) is 4. The van der Waals surface area contributed by atoms with Gasteiger partial charge in [-0.3, -0.25) is 4.79 Å². The summed E-state index contributed by atoms with van der Waals surface area (Å²) in [6.07, 6.45) is -1.29. The summed E-state index contributed by atoms with van der Waals surface area (Å²) in [4.78, 5) is 20.3. The topological polar surface area (TPSA) is 72.4 Å². The van der Waals surface area contributed by atoms with Crippen molar-refractivity contribution in [1.82, 2.24) is 9.88 Å². The standard InChI is InChI=1S/C27H27F3N4O2/c1-36-16-19-15-34(20-6-5-18(14-31)23(13-20)27(28,29)30)17-26(19)8-11-33(12-9-26)25(35)22-3-2-4-24-21(22)7-10-32-24/h2-7,10,13,19,32H,8-9,11-12,15-17H2,1H3. The van der Waals surface area contributed by atoms with Crippen molar-refractivity contribution in [1.29, 1.82) is 5.26 Å². The number of methoxy groups -OCH3 is 1. The van der Waals surface area contributed by atoms with Gasteiger partial charge in [0.05, 0.1) is 23.8 Å². The van der Waals surface area contributed by atoms with Gasteiger partial charge in [0.25, 0.3) is 5.91 Å². The quantitative estimate of drug-likeness (QED) is 0.548. The van der Waals surface area contributed by atoms with Crippen molar-refractivity contribution in [2.24, 2.45) is 11.3 Å². The van der Waals surface area contributed by atoms with Crippen LogP contribution in [0.5, 0.6) is 0 Å². The second kappa shape index (κ2) is 9.17. The number of nitrogens with one attached hydrogen (secondary N) is 1. The van der Waals surface area contributed by atoms with Crippen molar-refractivity contribution in [3.8, 4) is 6.07 Å². The summed E-state index contributed by atoms with van der Waals surface area (Å²) in [5.41, 5.74) is 0.588. The Labute approximate surface area is 207 Å². The van der Waals surface area contributed by atoms with E-state index in [9.17, 15) is 18.0 Å².